The summed E-state index contributed by atoms with van der Waals surface area (Å²) in [4.78, 5) is 24.1. The molecule has 4 rings (SSSR count). The summed E-state index contributed by atoms with van der Waals surface area (Å²) in [6.07, 6.45) is -2.88. The van der Waals surface area contributed by atoms with Crippen molar-refractivity contribution in [1.82, 2.24) is 15.0 Å². The van der Waals surface area contributed by atoms with Crippen LogP contribution in [0.3, 0.4) is 0 Å². The molecule has 0 atom stereocenters. The van der Waals surface area contributed by atoms with Gasteiger partial charge < -0.3 is 10.3 Å². The quantitative estimate of drug-likeness (QED) is 0.491. The van der Waals surface area contributed by atoms with Gasteiger partial charge in [-0.15, -0.1) is 11.3 Å². The van der Waals surface area contributed by atoms with Crippen LogP contribution in [0.1, 0.15) is 20.9 Å². The lowest BCUT2D eigenvalue weighted by Crippen LogP contribution is -2.11. The fourth-order valence-corrected chi connectivity index (χ4v) is 3.47. The Morgan fingerprint density at radius 1 is 1.18 bits per heavy atom. The van der Waals surface area contributed by atoms with Crippen molar-refractivity contribution in [3.05, 3.63) is 64.8 Å². The van der Waals surface area contributed by atoms with Crippen LogP contribution in [-0.2, 0) is 6.18 Å². The first-order valence-electron chi connectivity index (χ1n) is 8.21. The number of aryl methyl sites for hydroxylation is 1. The van der Waals surface area contributed by atoms with Gasteiger partial charge in [-0.3, -0.25) is 4.79 Å². The summed E-state index contributed by atoms with van der Waals surface area (Å²) in [5, 5.41) is 4.19. The molecular weight excluding hydrogens is 389 g/mol. The highest BCUT2D eigenvalue weighted by molar-refractivity contribution is 7.15. The van der Waals surface area contributed by atoms with Crippen molar-refractivity contribution < 1.29 is 18.0 Å². The standard InChI is InChI=1S/C19H13F3N4OS/c1-10-23-9-15(28-10)25-18(27)13-6-3-7-14-16(13)26-17(24-14)11-4-2-5-12(8-11)19(20,21)22/h2-9H,1H3,(H,24,26)(H,25,27). The first kappa shape index (κ1) is 18.2. The maximum atomic E-state index is 13.0. The zero-order valence-electron chi connectivity index (χ0n) is 14.5. The van der Waals surface area contributed by atoms with Crippen molar-refractivity contribution in [3.8, 4) is 11.4 Å². The number of carbonyl (C=O) groups is 1. The van der Waals surface area contributed by atoms with E-state index in [1.807, 2.05) is 6.92 Å². The predicted octanol–water partition coefficient (Wildman–Crippen LogP) is 5.27. The monoisotopic (exact) mass is 402 g/mol. The van der Waals surface area contributed by atoms with Crippen LogP contribution in [0.5, 0.6) is 0 Å². The number of halogens is 3. The second-order valence-electron chi connectivity index (χ2n) is 6.06. The van der Waals surface area contributed by atoms with Gasteiger partial charge >= 0.3 is 6.18 Å². The molecule has 1 amide bonds. The van der Waals surface area contributed by atoms with Crippen LogP contribution in [0, 0.1) is 6.92 Å². The fourth-order valence-electron chi connectivity index (χ4n) is 2.79. The number of amides is 1. The molecule has 2 heterocycles. The largest absolute Gasteiger partial charge is 0.416 e. The van der Waals surface area contributed by atoms with E-state index in [0.29, 0.717) is 21.6 Å². The highest BCUT2D eigenvalue weighted by atomic mass is 32.1. The molecule has 5 nitrogen and oxygen atoms in total. The second-order valence-corrected chi connectivity index (χ2v) is 7.30. The van der Waals surface area contributed by atoms with Gasteiger partial charge in [-0.1, -0.05) is 18.2 Å². The van der Waals surface area contributed by atoms with Crippen molar-refractivity contribution >= 4 is 33.3 Å². The van der Waals surface area contributed by atoms with Crippen LogP contribution in [0.4, 0.5) is 18.2 Å². The van der Waals surface area contributed by atoms with E-state index in [2.05, 4.69) is 20.3 Å². The summed E-state index contributed by atoms with van der Waals surface area (Å²) in [6, 6.07) is 9.90. The number of hydrogen-bond acceptors (Lipinski definition) is 4. The van der Waals surface area contributed by atoms with E-state index in [1.54, 1.807) is 24.4 Å². The van der Waals surface area contributed by atoms with E-state index in [4.69, 9.17) is 0 Å². The van der Waals surface area contributed by atoms with E-state index >= 15 is 0 Å². The molecule has 0 radical (unpaired) electrons. The van der Waals surface area contributed by atoms with Gasteiger partial charge in [-0.25, -0.2) is 9.97 Å². The summed E-state index contributed by atoms with van der Waals surface area (Å²) in [5.74, 6) is -0.105. The molecule has 0 unspecified atom stereocenters. The Morgan fingerprint density at radius 3 is 2.68 bits per heavy atom. The molecule has 0 saturated heterocycles. The van der Waals surface area contributed by atoms with Crippen molar-refractivity contribution in [3.63, 3.8) is 0 Å². The molecule has 0 aliphatic rings. The summed E-state index contributed by atoms with van der Waals surface area (Å²) in [6.45, 7) is 1.83. The summed E-state index contributed by atoms with van der Waals surface area (Å²) < 4.78 is 38.9. The van der Waals surface area contributed by atoms with Gasteiger partial charge in [0, 0.05) is 5.56 Å². The molecule has 4 aromatic rings. The number of aromatic amines is 1. The molecule has 2 N–H and O–H groups in total. The van der Waals surface area contributed by atoms with Crippen LogP contribution in [-0.4, -0.2) is 20.9 Å². The number of benzene rings is 2. The van der Waals surface area contributed by atoms with Crippen LogP contribution < -0.4 is 5.32 Å². The maximum absolute atomic E-state index is 13.0. The number of aromatic nitrogens is 3. The minimum atomic E-state index is -4.44. The minimum Gasteiger partial charge on any atom is -0.338 e. The first-order chi connectivity index (χ1) is 13.3. The molecule has 2 aromatic carbocycles. The van der Waals surface area contributed by atoms with Gasteiger partial charge in [0.1, 0.15) is 16.3 Å². The number of rotatable bonds is 3. The van der Waals surface area contributed by atoms with E-state index < -0.39 is 11.7 Å². The minimum absolute atomic E-state index is 0.259. The average molecular weight is 402 g/mol. The Balaban J connectivity index is 1.72. The highest BCUT2D eigenvalue weighted by Gasteiger charge is 2.30. The Kier molecular flexibility index (Phi) is 4.38. The van der Waals surface area contributed by atoms with E-state index in [-0.39, 0.29) is 17.3 Å². The third kappa shape index (κ3) is 3.48. The summed E-state index contributed by atoms with van der Waals surface area (Å²) in [7, 11) is 0. The fraction of sp³-hybridized carbons (Fsp3) is 0.105. The molecule has 0 saturated carbocycles. The molecule has 28 heavy (non-hydrogen) atoms. The van der Waals surface area contributed by atoms with Gasteiger partial charge in [0.05, 0.1) is 27.8 Å². The third-order valence-electron chi connectivity index (χ3n) is 4.08. The number of hydrogen-bond donors (Lipinski definition) is 2. The molecule has 0 bridgehead atoms. The lowest BCUT2D eigenvalue weighted by Gasteiger charge is -2.07. The third-order valence-corrected chi connectivity index (χ3v) is 4.91. The van der Waals surface area contributed by atoms with Gasteiger partial charge in [0.25, 0.3) is 5.91 Å². The number of alkyl halides is 3. The van der Waals surface area contributed by atoms with Gasteiger partial charge in [-0.2, -0.15) is 13.2 Å². The number of anilines is 1. The highest BCUT2D eigenvalue weighted by Crippen LogP contribution is 2.32. The Labute approximate surface area is 161 Å². The number of para-hydroxylation sites is 1. The molecule has 0 aliphatic carbocycles. The number of H-pyrrole nitrogens is 1. The van der Waals surface area contributed by atoms with E-state index in [0.717, 1.165) is 17.1 Å². The zero-order chi connectivity index (χ0) is 19.9. The van der Waals surface area contributed by atoms with Crippen molar-refractivity contribution in [2.24, 2.45) is 0 Å². The smallest absolute Gasteiger partial charge is 0.338 e. The summed E-state index contributed by atoms with van der Waals surface area (Å²) >= 11 is 1.34. The van der Waals surface area contributed by atoms with Gasteiger partial charge in [0.15, 0.2) is 0 Å². The number of fused-ring (bicyclic) bond motifs is 1. The first-order valence-corrected chi connectivity index (χ1v) is 9.03. The van der Waals surface area contributed by atoms with Crippen LogP contribution >= 0.6 is 11.3 Å². The molecule has 9 heteroatoms. The molecule has 2 aromatic heterocycles. The molecule has 0 spiro atoms. The van der Waals surface area contributed by atoms with Gasteiger partial charge in [0.2, 0.25) is 0 Å². The van der Waals surface area contributed by atoms with Crippen LogP contribution in [0.2, 0.25) is 0 Å². The molecule has 0 fully saturated rings. The van der Waals surface area contributed by atoms with Crippen LogP contribution in [0.15, 0.2) is 48.7 Å². The zero-order valence-corrected chi connectivity index (χ0v) is 15.3. The molecule has 0 aliphatic heterocycles. The van der Waals surface area contributed by atoms with Crippen molar-refractivity contribution in [2.45, 2.75) is 13.1 Å². The number of imidazole rings is 1. The topological polar surface area (TPSA) is 70.7 Å². The molecular formula is C19H13F3N4OS. The predicted molar refractivity (Wildman–Crippen MR) is 101 cm³/mol. The Morgan fingerprint density at radius 2 is 1.96 bits per heavy atom. The maximum Gasteiger partial charge on any atom is 0.416 e. The van der Waals surface area contributed by atoms with Gasteiger partial charge in [-0.05, 0) is 31.2 Å². The second kappa shape index (κ2) is 6.75. The number of nitrogens with one attached hydrogen (secondary N) is 2. The Bertz CT molecular complexity index is 1180. The lowest BCUT2D eigenvalue weighted by molar-refractivity contribution is -0.137. The normalized spacial score (nSPS) is 11.7. The molecule has 142 valence electrons. The van der Waals surface area contributed by atoms with Crippen molar-refractivity contribution in [2.75, 3.05) is 5.32 Å². The number of thiazole rings is 1. The average Bonchev–Trinajstić information content (AvgIpc) is 3.26. The Hall–Kier alpha value is -3.20. The van der Waals surface area contributed by atoms with Crippen LogP contribution in [0.25, 0.3) is 22.4 Å². The van der Waals surface area contributed by atoms with E-state index in [1.165, 1.54) is 23.5 Å². The summed E-state index contributed by atoms with van der Waals surface area (Å²) in [5.41, 5.74) is 0.784. The number of carbonyl (C=O) groups excluding carboxylic acids is 1. The lowest BCUT2D eigenvalue weighted by atomic mass is 10.1. The number of nitrogens with zero attached hydrogens (tertiary/aromatic N) is 2. The van der Waals surface area contributed by atoms with Crippen molar-refractivity contribution in [1.29, 1.82) is 0 Å². The SMILES string of the molecule is Cc1ncc(NC(=O)c2cccc3[nH]c(-c4cccc(C(F)(F)F)c4)nc23)s1. The van der Waals surface area contributed by atoms with E-state index in [9.17, 15) is 18.0 Å².